The molecule has 0 bridgehead atoms. The molecule has 1 rings (SSSR count). The van der Waals surface area contributed by atoms with Gasteiger partial charge in [0.25, 0.3) is 0 Å². The van der Waals surface area contributed by atoms with Gasteiger partial charge in [-0.15, -0.1) is 0 Å². The van der Waals surface area contributed by atoms with Crippen LogP contribution in [-0.4, -0.2) is 15.7 Å². The predicted octanol–water partition coefficient (Wildman–Crippen LogP) is 0.797. The van der Waals surface area contributed by atoms with Crippen molar-refractivity contribution in [1.29, 1.82) is 5.41 Å². The first-order chi connectivity index (χ1) is 3.80. The molecule has 2 N–H and O–H groups in total. The third kappa shape index (κ3) is 0.753. The van der Waals surface area contributed by atoms with Crippen LogP contribution in [0.1, 0.15) is 12.7 Å². The van der Waals surface area contributed by atoms with Crippen LogP contribution in [0.2, 0.25) is 0 Å². The molecule has 8 heavy (non-hydrogen) atoms. The maximum Gasteiger partial charge on any atom is 0.150 e. The summed E-state index contributed by atoms with van der Waals surface area (Å²) in [6.07, 6.45) is 3.33. The molecule has 0 unspecified atom stereocenters. The first-order valence-corrected chi connectivity index (χ1v) is 2.35. The number of H-pyrrole nitrogens is 1. The Labute approximate surface area is 47.3 Å². The van der Waals surface area contributed by atoms with Gasteiger partial charge in [0.1, 0.15) is 0 Å². The Morgan fingerprint density at radius 3 is 2.88 bits per heavy atom. The van der Waals surface area contributed by atoms with Crippen LogP contribution < -0.4 is 0 Å². The molecular weight excluding hydrogens is 102 g/mol. The van der Waals surface area contributed by atoms with Gasteiger partial charge < -0.3 is 10.4 Å². The van der Waals surface area contributed by atoms with E-state index in [0.29, 0.717) is 11.5 Å². The minimum Gasteiger partial charge on any atom is -0.344 e. The lowest BCUT2D eigenvalue weighted by molar-refractivity contribution is 1.23. The number of aromatic nitrogens is 2. The van der Waals surface area contributed by atoms with E-state index in [-0.39, 0.29) is 0 Å². The van der Waals surface area contributed by atoms with Crippen molar-refractivity contribution in [3.8, 4) is 0 Å². The molecule has 0 aliphatic carbocycles. The van der Waals surface area contributed by atoms with E-state index in [4.69, 9.17) is 5.41 Å². The number of hydrogen-bond donors (Lipinski definition) is 2. The lowest BCUT2D eigenvalue weighted by atomic mass is 10.4. The minimum atomic E-state index is 0.468. The van der Waals surface area contributed by atoms with Crippen LogP contribution in [0.25, 0.3) is 0 Å². The Morgan fingerprint density at radius 2 is 2.62 bits per heavy atom. The average molecular weight is 109 g/mol. The third-order valence-corrected chi connectivity index (χ3v) is 0.853. The van der Waals surface area contributed by atoms with Crippen LogP contribution >= 0.6 is 0 Å². The molecule has 0 saturated heterocycles. The molecular formula is C5H7N3. The van der Waals surface area contributed by atoms with Gasteiger partial charge in [-0.2, -0.15) is 0 Å². The van der Waals surface area contributed by atoms with Gasteiger partial charge in [0.05, 0.1) is 5.71 Å². The summed E-state index contributed by atoms with van der Waals surface area (Å²) in [6, 6.07) is 0. The van der Waals surface area contributed by atoms with Crippen molar-refractivity contribution in [2.24, 2.45) is 0 Å². The summed E-state index contributed by atoms with van der Waals surface area (Å²) in [5.41, 5.74) is 0.468. The van der Waals surface area contributed by atoms with E-state index in [1.54, 1.807) is 19.3 Å². The van der Waals surface area contributed by atoms with Crippen molar-refractivity contribution >= 4 is 5.71 Å². The normalized spacial score (nSPS) is 9.12. The highest BCUT2D eigenvalue weighted by molar-refractivity contribution is 5.92. The van der Waals surface area contributed by atoms with Crippen molar-refractivity contribution in [1.82, 2.24) is 9.97 Å². The highest BCUT2D eigenvalue weighted by atomic mass is 14.9. The van der Waals surface area contributed by atoms with Crippen LogP contribution in [0, 0.1) is 5.41 Å². The molecule has 0 aliphatic rings. The number of rotatable bonds is 1. The zero-order chi connectivity index (χ0) is 5.98. The standard InChI is InChI=1S/C5H7N3/c1-4(6)5-7-2-3-8-5/h2-3,6H,1H3,(H,7,8). The average Bonchev–Trinajstić information content (AvgIpc) is 2.12. The lowest BCUT2D eigenvalue weighted by Gasteiger charge is -1.84. The van der Waals surface area contributed by atoms with Crippen molar-refractivity contribution in [3.05, 3.63) is 18.2 Å². The summed E-state index contributed by atoms with van der Waals surface area (Å²) in [5.74, 6) is 0.644. The van der Waals surface area contributed by atoms with E-state index < -0.39 is 0 Å². The number of aromatic amines is 1. The van der Waals surface area contributed by atoms with E-state index in [1.165, 1.54) is 0 Å². The highest BCUT2D eigenvalue weighted by Crippen LogP contribution is 1.86. The second-order valence-electron chi connectivity index (χ2n) is 1.56. The molecule has 42 valence electrons. The molecule has 1 heterocycles. The summed E-state index contributed by atoms with van der Waals surface area (Å²) in [6.45, 7) is 1.69. The second kappa shape index (κ2) is 1.78. The molecule has 0 saturated carbocycles. The Morgan fingerprint density at radius 1 is 1.88 bits per heavy atom. The van der Waals surface area contributed by atoms with Gasteiger partial charge in [0.2, 0.25) is 0 Å². The van der Waals surface area contributed by atoms with Gasteiger partial charge in [-0.05, 0) is 6.92 Å². The van der Waals surface area contributed by atoms with Gasteiger partial charge in [0.15, 0.2) is 5.82 Å². The molecule has 0 radical (unpaired) electrons. The molecule has 0 aliphatic heterocycles. The zero-order valence-corrected chi connectivity index (χ0v) is 4.60. The summed E-state index contributed by atoms with van der Waals surface area (Å²) < 4.78 is 0. The van der Waals surface area contributed by atoms with Crippen LogP contribution in [0.4, 0.5) is 0 Å². The van der Waals surface area contributed by atoms with Crippen LogP contribution in [0.3, 0.4) is 0 Å². The molecule has 3 heteroatoms. The Balaban J connectivity index is 2.93. The predicted molar refractivity (Wildman–Crippen MR) is 31.1 cm³/mol. The van der Waals surface area contributed by atoms with Gasteiger partial charge in [0, 0.05) is 12.4 Å². The fourth-order valence-electron chi connectivity index (χ4n) is 0.470. The number of hydrogen-bond acceptors (Lipinski definition) is 2. The third-order valence-electron chi connectivity index (χ3n) is 0.853. The van der Waals surface area contributed by atoms with E-state index in [2.05, 4.69) is 9.97 Å². The molecule has 1 aromatic rings. The van der Waals surface area contributed by atoms with Crippen molar-refractivity contribution < 1.29 is 0 Å². The lowest BCUT2D eigenvalue weighted by Crippen LogP contribution is -1.93. The molecule has 0 spiro atoms. The molecule has 0 aromatic carbocycles. The van der Waals surface area contributed by atoms with Crippen molar-refractivity contribution in [2.75, 3.05) is 0 Å². The van der Waals surface area contributed by atoms with E-state index in [1.807, 2.05) is 0 Å². The molecule has 0 fully saturated rings. The van der Waals surface area contributed by atoms with Crippen molar-refractivity contribution in [3.63, 3.8) is 0 Å². The largest absolute Gasteiger partial charge is 0.344 e. The zero-order valence-electron chi connectivity index (χ0n) is 4.60. The number of imidazole rings is 1. The van der Waals surface area contributed by atoms with E-state index >= 15 is 0 Å². The first kappa shape index (κ1) is 5.03. The highest BCUT2D eigenvalue weighted by Gasteiger charge is 1.91. The molecule has 0 amide bonds. The topological polar surface area (TPSA) is 52.5 Å². The number of nitrogens with one attached hydrogen (secondary N) is 2. The Hall–Kier alpha value is -1.12. The van der Waals surface area contributed by atoms with Crippen LogP contribution in [0.15, 0.2) is 12.4 Å². The van der Waals surface area contributed by atoms with Gasteiger partial charge in [-0.3, -0.25) is 0 Å². The van der Waals surface area contributed by atoms with E-state index in [9.17, 15) is 0 Å². The summed E-state index contributed by atoms with van der Waals surface area (Å²) in [5, 5.41) is 7.06. The Bertz CT molecular complexity index is 176. The minimum absolute atomic E-state index is 0.468. The summed E-state index contributed by atoms with van der Waals surface area (Å²) in [7, 11) is 0. The Kier molecular flexibility index (Phi) is 1.12. The monoisotopic (exact) mass is 109 g/mol. The van der Waals surface area contributed by atoms with Gasteiger partial charge in [-0.25, -0.2) is 4.98 Å². The molecule has 1 aromatic heterocycles. The second-order valence-corrected chi connectivity index (χ2v) is 1.56. The SMILES string of the molecule is CC(=N)c1ncc[nH]1. The maximum absolute atomic E-state index is 7.06. The number of nitrogens with zero attached hydrogens (tertiary/aromatic N) is 1. The molecule has 0 atom stereocenters. The van der Waals surface area contributed by atoms with E-state index in [0.717, 1.165) is 0 Å². The quantitative estimate of drug-likeness (QED) is 0.515. The molecule has 3 nitrogen and oxygen atoms in total. The first-order valence-electron chi connectivity index (χ1n) is 2.35. The van der Waals surface area contributed by atoms with Gasteiger partial charge in [-0.1, -0.05) is 0 Å². The van der Waals surface area contributed by atoms with Crippen LogP contribution in [-0.2, 0) is 0 Å². The van der Waals surface area contributed by atoms with Gasteiger partial charge >= 0.3 is 0 Å². The smallest absolute Gasteiger partial charge is 0.150 e. The summed E-state index contributed by atoms with van der Waals surface area (Å²) >= 11 is 0. The fourth-order valence-corrected chi connectivity index (χ4v) is 0.470. The maximum atomic E-state index is 7.06. The summed E-state index contributed by atoms with van der Waals surface area (Å²) in [4.78, 5) is 6.64. The van der Waals surface area contributed by atoms with Crippen LogP contribution in [0.5, 0.6) is 0 Å². The van der Waals surface area contributed by atoms with Crippen molar-refractivity contribution in [2.45, 2.75) is 6.92 Å². The fraction of sp³-hybridized carbons (Fsp3) is 0.200.